The van der Waals surface area contributed by atoms with Gasteiger partial charge in [0, 0.05) is 18.2 Å². The molecule has 0 unspecified atom stereocenters. The average Bonchev–Trinajstić information content (AvgIpc) is 3.24. The molecule has 23 heavy (non-hydrogen) atoms. The highest BCUT2D eigenvalue weighted by atomic mass is 16.2. The molecular weight excluding hydrogens is 288 g/mol. The molecule has 2 N–H and O–H groups in total. The highest BCUT2D eigenvalue weighted by molar-refractivity contribution is 5.92. The van der Waals surface area contributed by atoms with Gasteiger partial charge in [-0.3, -0.25) is 5.10 Å². The molecule has 3 aromatic rings. The smallest absolute Gasteiger partial charge is 0.155 e. The van der Waals surface area contributed by atoms with E-state index in [-0.39, 0.29) is 12.0 Å². The van der Waals surface area contributed by atoms with Gasteiger partial charge in [0.05, 0.1) is 17.7 Å². The van der Waals surface area contributed by atoms with Crippen molar-refractivity contribution in [2.24, 2.45) is 0 Å². The SMILES string of the molecule is N#CC1(c2cc(CCO)cc(-c3ccnc4[nH]ncc34)c2)CC1. The summed E-state index contributed by atoms with van der Waals surface area (Å²) in [6.45, 7) is 0.0971. The maximum Gasteiger partial charge on any atom is 0.155 e. The van der Waals surface area contributed by atoms with Gasteiger partial charge in [0.15, 0.2) is 5.65 Å². The molecule has 0 atom stereocenters. The molecule has 0 saturated heterocycles. The van der Waals surface area contributed by atoms with Crippen molar-refractivity contribution in [3.05, 3.63) is 47.8 Å². The number of fused-ring (bicyclic) bond motifs is 1. The van der Waals surface area contributed by atoms with Crippen molar-refractivity contribution >= 4 is 11.0 Å². The van der Waals surface area contributed by atoms with Crippen molar-refractivity contribution in [3.63, 3.8) is 0 Å². The average molecular weight is 304 g/mol. The lowest BCUT2D eigenvalue weighted by molar-refractivity contribution is 0.299. The first kappa shape index (κ1) is 13.9. The van der Waals surface area contributed by atoms with E-state index >= 15 is 0 Å². The van der Waals surface area contributed by atoms with E-state index in [9.17, 15) is 10.4 Å². The number of nitrogens with one attached hydrogen (secondary N) is 1. The standard InChI is InChI=1S/C18H16N4O/c19-11-18(3-4-18)14-8-12(2-6-23)7-13(9-14)15-1-5-20-17-16(15)10-21-22-17/h1,5,7-10,23H,2-4,6H2,(H,20,21,22). The highest BCUT2D eigenvalue weighted by Crippen LogP contribution is 2.48. The van der Waals surface area contributed by atoms with Gasteiger partial charge < -0.3 is 5.11 Å². The molecule has 1 aliphatic rings. The van der Waals surface area contributed by atoms with Crippen LogP contribution in [0.1, 0.15) is 24.0 Å². The van der Waals surface area contributed by atoms with Crippen molar-refractivity contribution in [3.8, 4) is 17.2 Å². The highest BCUT2D eigenvalue weighted by Gasteiger charge is 2.45. The second kappa shape index (κ2) is 5.18. The number of aliphatic hydroxyl groups excluding tert-OH is 1. The third-order valence-corrected chi connectivity index (χ3v) is 4.58. The van der Waals surface area contributed by atoms with Crippen LogP contribution in [-0.2, 0) is 11.8 Å². The second-order valence-electron chi connectivity index (χ2n) is 6.08. The third kappa shape index (κ3) is 2.28. The van der Waals surface area contributed by atoms with E-state index in [1.165, 1.54) is 0 Å². The summed E-state index contributed by atoms with van der Waals surface area (Å²) in [6.07, 6.45) is 5.92. The summed E-state index contributed by atoms with van der Waals surface area (Å²) in [6, 6.07) is 10.7. The molecule has 0 bridgehead atoms. The summed E-state index contributed by atoms with van der Waals surface area (Å²) < 4.78 is 0. The normalized spacial score (nSPS) is 15.5. The van der Waals surface area contributed by atoms with E-state index in [0.29, 0.717) is 6.42 Å². The number of nitriles is 1. The van der Waals surface area contributed by atoms with Crippen LogP contribution in [0.4, 0.5) is 0 Å². The first-order chi connectivity index (χ1) is 11.3. The van der Waals surface area contributed by atoms with E-state index < -0.39 is 0 Å². The van der Waals surface area contributed by atoms with E-state index in [2.05, 4.69) is 39.4 Å². The quantitative estimate of drug-likeness (QED) is 0.776. The van der Waals surface area contributed by atoms with Crippen LogP contribution >= 0.6 is 0 Å². The number of nitrogens with zero attached hydrogens (tertiary/aromatic N) is 3. The summed E-state index contributed by atoms with van der Waals surface area (Å²) in [7, 11) is 0. The molecule has 5 heteroatoms. The Morgan fingerprint density at radius 1 is 1.30 bits per heavy atom. The number of aromatic amines is 1. The first-order valence-corrected chi connectivity index (χ1v) is 7.71. The molecular formula is C18H16N4O. The Hall–Kier alpha value is -2.71. The Labute approximate surface area is 133 Å². The minimum atomic E-state index is -0.344. The third-order valence-electron chi connectivity index (χ3n) is 4.58. The molecule has 1 aromatic carbocycles. The lowest BCUT2D eigenvalue weighted by Crippen LogP contribution is -2.05. The van der Waals surface area contributed by atoms with Gasteiger partial charge in [0.25, 0.3) is 0 Å². The fraction of sp³-hybridized carbons (Fsp3) is 0.278. The van der Waals surface area contributed by atoms with Gasteiger partial charge in [-0.15, -0.1) is 0 Å². The molecule has 114 valence electrons. The zero-order valence-corrected chi connectivity index (χ0v) is 12.6. The van der Waals surface area contributed by atoms with Gasteiger partial charge in [-0.05, 0) is 53.6 Å². The molecule has 0 spiro atoms. The first-order valence-electron chi connectivity index (χ1n) is 7.71. The number of aliphatic hydroxyl groups is 1. The Bertz CT molecular complexity index is 918. The zero-order valence-electron chi connectivity index (χ0n) is 12.6. The number of hydrogen-bond acceptors (Lipinski definition) is 4. The molecule has 1 fully saturated rings. The minimum Gasteiger partial charge on any atom is -0.396 e. The van der Waals surface area contributed by atoms with Gasteiger partial charge in [-0.2, -0.15) is 10.4 Å². The van der Waals surface area contributed by atoms with Crippen LogP contribution in [0.15, 0.2) is 36.7 Å². The molecule has 0 amide bonds. The summed E-state index contributed by atoms with van der Waals surface area (Å²) >= 11 is 0. The van der Waals surface area contributed by atoms with Crippen molar-refractivity contribution in [2.75, 3.05) is 6.61 Å². The van der Waals surface area contributed by atoms with Crippen molar-refractivity contribution in [1.29, 1.82) is 5.26 Å². The summed E-state index contributed by atoms with van der Waals surface area (Å²) in [4.78, 5) is 4.28. The Kier molecular flexibility index (Phi) is 3.14. The zero-order chi connectivity index (χ0) is 15.9. The van der Waals surface area contributed by atoms with Gasteiger partial charge in [-0.1, -0.05) is 12.1 Å². The van der Waals surface area contributed by atoms with Crippen LogP contribution in [0.5, 0.6) is 0 Å². The van der Waals surface area contributed by atoms with Crippen LogP contribution in [-0.4, -0.2) is 26.9 Å². The fourth-order valence-electron chi connectivity index (χ4n) is 3.09. The van der Waals surface area contributed by atoms with E-state index in [1.807, 2.05) is 6.07 Å². The monoisotopic (exact) mass is 304 g/mol. The summed E-state index contributed by atoms with van der Waals surface area (Å²) in [5, 5.41) is 26.7. The van der Waals surface area contributed by atoms with Crippen molar-refractivity contribution in [1.82, 2.24) is 15.2 Å². The minimum absolute atomic E-state index is 0.0971. The van der Waals surface area contributed by atoms with Crippen molar-refractivity contribution in [2.45, 2.75) is 24.7 Å². The van der Waals surface area contributed by atoms with Gasteiger partial charge in [-0.25, -0.2) is 4.98 Å². The molecule has 1 aliphatic carbocycles. The summed E-state index contributed by atoms with van der Waals surface area (Å²) in [5.41, 5.74) is 4.59. The number of aromatic nitrogens is 3. The van der Waals surface area contributed by atoms with E-state index in [0.717, 1.165) is 46.1 Å². The van der Waals surface area contributed by atoms with Gasteiger partial charge in [0.1, 0.15) is 0 Å². The van der Waals surface area contributed by atoms with E-state index in [1.54, 1.807) is 12.4 Å². The predicted molar refractivity (Wildman–Crippen MR) is 86.6 cm³/mol. The van der Waals surface area contributed by atoms with E-state index in [4.69, 9.17) is 0 Å². The molecule has 2 aromatic heterocycles. The van der Waals surface area contributed by atoms with Crippen LogP contribution in [0.2, 0.25) is 0 Å². The maximum absolute atomic E-state index is 9.51. The number of pyridine rings is 1. The van der Waals surface area contributed by atoms with Crippen molar-refractivity contribution < 1.29 is 5.11 Å². The Morgan fingerprint density at radius 3 is 2.91 bits per heavy atom. The topological polar surface area (TPSA) is 85.6 Å². The van der Waals surface area contributed by atoms with Crippen LogP contribution < -0.4 is 0 Å². The van der Waals surface area contributed by atoms with Gasteiger partial charge in [0.2, 0.25) is 0 Å². The predicted octanol–water partition coefficient (Wildman–Crippen LogP) is 2.71. The number of benzene rings is 1. The Morgan fingerprint density at radius 2 is 2.17 bits per heavy atom. The van der Waals surface area contributed by atoms with Crippen LogP contribution in [0.3, 0.4) is 0 Å². The second-order valence-corrected chi connectivity index (χ2v) is 6.08. The fourth-order valence-corrected chi connectivity index (χ4v) is 3.09. The van der Waals surface area contributed by atoms with Crippen LogP contribution in [0.25, 0.3) is 22.2 Å². The summed E-state index contributed by atoms with van der Waals surface area (Å²) in [5.74, 6) is 0. The molecule has 2 heterocycles. The Balaban J connectivity index is 1.91. The maximum atomic E-state index is 9.51. The number of hydrogen-bond donors (Lipinski definition) is 2. The lowest BCUT2D eigenvalue weighted by atomic mass is 9.90. The number of rotatable bonds is 4. The molecule has 0 aliphatic heterocycles. The van der Waals surface area contributed by atoms with Crippen LogP contribution in [0, 0.1) is 11.3 Å². The lowest BCUT2D eigenvalue weighted by Gasteiger charge is -2.13. The molecule has 0 radical (unpaired) electrons. The number of H-pyrrole nitrogens is 1. The molecule has 5 nitrogen and oxygen atoms in total. The molecule has 1 saturated carbocycles. The largest absolute Gasteiger partial charge is 0.396 e. The molecule has 4 rings (SSSR count). The van der Waals surface area contributed by atoms with Gasteiger partial charge >= 0.3 is 0 Å².